The number of anilines is 1. The monoisotopic (exact) mass is 476 g/mol. The highest BCUT2D eigenvalue weighted by Crippen LogP contribution is 2.18. The van der Waals surface area contributed by atoms with E-state index in [1.54, 1.807) is 0 Å². The van der Waals surface area contributed by atoms with Gasteiger partial charge in [0.2, 0.25) is 0 Å². The number of guanidine groups is 1. The molecule has 144 valence electrons. The molecular formula is C22H29IN4. The summed E-state index contributed by atoms with van der Waals surface area (Å²) >= 11 is 0. The molecule has 0 aromatic heterocycles. The molecule has 0 bridgehead atoms. The zero-order chi connectivity index (χ0) is 18.2. The van der Waals surface area contributed by atoms with Crippen molar-refractivity contribution in [1.82, 2.24) is 10.6 Å². The summed E-state index contributed by atoms with van der Waals surface area (Å²) in [6.45, 7) is 8.50. The first kappa shape index (κ1) is 21.3. The summed E-state index contributed by atoms with van der Waals surface area (Å²) in [4.78, 5) is 7.11. The fraction of sp³-hybridized carbons (Fsp3) is 0.318. The first-order valence-electron chi connectivity index (χ1n) is 9.32. The van der Waals surface area contributed by atoms with E-state index in [2.05, 4.69) is 90.1 Å². The lowest BCUT2D eigenvalue weighted by Crippen LogP contribution is -2.36. The molecule has 0 atom stereocenters. The lowest BCUT2D eigenvalue weighted by Gasteiger charge is -2.18. The molecule has 0 radical (unpaired) electrons. The van der Waals surface area contributed by atoms with Gasteiger partial charge in [0.1, 0.15) is 0 Å². The van der Waals surface area contributed by atoms with Gasteiger partial charge in [0.05, 0.1) is 6.54 Å². The van der Waals surface area contributed by atoms with Crippen LogP contribution in [0.2, 0.25) is 0 Å². The van der Waals surface area contributed by atoms with Crippen LogP contribution in [0.3, 0.4) is 0 Å². The third kappa shape index (κ3) is 6.27. The van der Waals surface area contributed by atoms with Crippen molar-refractivity contribution in [2.75, 3.05) is 24.5 Å². The van der Waals surface area contributed by atoms with Crippen molar-refractivity contribution in [3.63, 3.8) is 0 Å². The van der Waals surface area contributed by atoms with Gasteiger partial charge in [-0.2, -0.15) is 0 Å². The number of nitrogens with one attached hydrogen (secondary N) is 2. The highest BCUT2D eigenvalue weighted by atomic mass is 127. The number of halogens is 1. The van der Waals surface area contributed by atoms with Crippen LogP contribution in [-0.4, -0.2) is 25.6 Å². The molecule has 0 unspecified atom stereocenters. The molecule has 0 aliphatic carbocycles. The van der Waals surface area contributed by atoms with E-state index in [0.29, 0.717) is 6.54 Å². The quantitative estimate of drug-likeness (QED) is 0.284. The second-order valence-electron chi connectivity index (χ2n) is 6.52. The highest BCUT2D eigenvalue weighted by molar-refractivity contribution is 14.0. The van der Waals surface area contributed by atoms with E-state index >= 15 is 0 Å². The van der Waals surface area contributed by atoms with Crippen LogP contribution in [0.4, 0.5) is 5.69 Å². The molecule has 0 amide bonds. The predicted molar refractivity (Wildman–Crippen MR) is 126 cm³/mol. The zero-order valence-electron chi connectivity index (χ0n) is 16.1. The SMILES string of the molecule is CCNC(=NCc1cccc(N2CC=CC2)c1)NCc1ccccc1C.I. The Bertz CT molecular complexity index is 777. The lowest BCUT2D eigenvalue weighted by molar-refractivity contribution is 0.813. The molecule has 2 N–H and O–H groups in total. The Kier molecular flexibility index (Phi) is 8.64. The summed E-state index contributed by atoms with van der Waals surface area (Å²) in [6.07, 6.45) is 4.42. The second kappa shape index (κ2) is 11.0. The number of hydrogen-bond acceptors (Lipinski definition) is 2. The molecule has 0 saturated heterocycles. The Balaban J connectivity index is 0.00000261. The molecule has 2 aromatic rings. The third-order valence-electron chi connectivity index (χ3n) is 4.57. The van der Waals surface area contributed by atoms with Crippen molar-refractivity contribution in [3.05, 3.63) is 77.4 Å². The molecule has 4 nitrogen and oxygen atoms in total. The maximum Gasteiger partial charge on any atom is 0.191 e. The van der Waals surface area contributed by atoms with E-state index in [9.17, 15) is 0 Å². The van der Waals surface area contributed by atoms with Crippen molar-refractivity contribution >= 4 is 35.6 Å². The Morgan fingerprint density at radius 1 is 1.04 bits per heavy atom. The average molecular weight is 476 g/mol. The van der Waals surface area contributed by atoms with Gasteiger partial charge in [-0.15, -0.1) is 24.0 Å². The van der Waals surface area contributed by atoms with Crippen molar-refractivity contribution < 1.29 is 0 Å². The molecule has 27 heavy (non-hydrogen) atoms. The number of benzene rings is 2. The highest BCUT2D eigenvalue weighted by Gasteiger charge is 2.08. The average Bonchev–Trinajstić information content (AvgIpc) is 3.20. The van der Waals surface area contributed by atoms with Gasteiger partial charge in [-0.1, -0.05) is 48.6 Å². The Labute approximate surface area is 179 Å². The third-order valence-corrected chi connectivity index (χ3v) is 4.57. The summed E-state index contributed by atoms with van der Waals surface area (Å²) in [7, 11) is 0. The summed E-state index contributed by atoms with van der Waals surface area (Å²) in [6, 6.07) is 17.1. The van der Waals surface area contributed by atoms with Gasteiger partial charge in [-0.05, 0) is 42.7 Å². The minimum absolute atomic E-state index is 0. The largest absolute Gasteiger partial charge is 0.364 e. The van der Waals surface area contributed by atoms with E-state index in [-0.39, 0.29) is 24.0 Å². The fourth-order valence-electron chi connectivity index (χ4n) is 3.04. The Morgan fingerprint density at radius 3 is 2.56 bits per heavy atom. The van der Waals surface area contributed by atoms with Crippen LogP contribution >= 0.6 is 24.0 Å². The summed E-state index contributed by atoms with van der Waals surface area (Å²) in [5, 5.41) is 6.77. The van der Waals surface area contributed by atoms with E-state index in [4.69, 9.17) is 4.99 Å². The van der Waals surface area contributed by atoms with Crippen LogP contribution in [-0.2, 0) is 13.1 Å². The van der Waals surface area contributed by atoms with Crippen molar-refractivity contribution in [1.29, 1.82) is 0 Å². The van der Waals surface area contributed by atoms with Crippen LogP contribution in [0, 0.1) is 6.92 Å². The molecule has 0 spiro atoms. The van der Waals surface area contributed by atoms with Crippen molar-refractivity contribution in [3.8, 4) is 0 Å². The Hall–Kier alpha value is -2.02. The molecule has 1 heterocycles. The van der Waals surface area contributed by atoms with Gasteiger partial charge in [-0.25, -0.2) is 4.99 Å². The number of rotatable bonds is 6. The standard InChI is InChI=1S/C22H28N4.HI/c1-3-23-22(25-17-20-11-5-4-9-18(20)2)24-16-19-10-8-12-21(15-19)26-13-6-7-14-26;/h4-12,15H,3,13-14,16-17H2,1-2H3,(H2,23,24,25);1H. The van der Waals surface area contributed by atoms with Crippen molar-refractivity contribution in [2.24, 2.45) is 4.99 Å². The van der Waals surface area contributed by atoms with Gasteiger partial charge in [-0.3, -0.25) is 0 Å². The maximum atomic E-state index is 4.76. The number of aryl methyl sites for hydroxylation is 1. The fourth-order valence-corrected chi connectivity index (χ4v) is 3.04. The molecule has 5 heteroatoms. The lowest BCUT2D eigenvalue weighted by atomic mass is 10.1. The molecule has 0 saturated carbocycles. The van der Waals surface area contributed by atoms with Crippen LogP contribution in [0.5, 0.6) is 0 Å². The van der Waals surface area contributed by atoms with E-state index < -0.39 is 0 Å². The van der Waals surface area contributed by atoms with Gasteiger partial charge in [0.15, 0.2) is 5.96 Å². The van der Waals surface area contributed by atoms with Gasteiger partial charge < -0.3 is 15.5 Å². The molecule has 1 aliphatic rings. The van der Waals surface area contributed by atoms with Crippen LogP contribution in [0.1, 0.15) is 23.6 Å². The Morgan fingerprint density at radius 2 is 1.81 bits per heavy atom. The minimum Gasteiger partial charge on any atom is -0.364 e. The van der Waals surface area contributed by atoms with E-state index in [1.165, 1.54) is 22.4 Å². The van der Waals surface area contributed by atoms with Crippen LogP contribution in [0.15, 0.2) is 65.7 Å². The second-order valence-corrected chi connectivity index (χ2v) is 6.52. The van der Waals surface area contributed by atoms with Gasteiger partial charge >= 0.3 is 0 Å². The number of aliphatic imine (C=N–C) groups is 1. The van der Waals surface area contributed by atoms with E-state index in [1.807, 2.05) is 0 Å². The number of hydrogen-bond donors (Lipinski definition) is 2. The predicted octanol–water partition coefficient (Wildman–Crippen LogP) is 4.24. The van der Waals surface area contributed by atoms with Crippen LogP contribution < -0.4 is 15.5 Å². The van der Waals surface area contributed by atoms with Gasteiger partial charge in [0, 0.05) is 31.9 Å². The molecule has 3 rings (SSSR count). The molecular weight excluding hydrogens is 447 g/mol. The zero-order valence-corrected chi connectivity index (χ0v) is 18.4. The van der Waals surface area contributed by atoms with E-state index in [0.717, 1.165) is 32.1 Å². The van der Waals surface area contributed by atoms with Crippen molar-refractivity contribution in [2.45, 2.75) is 26.9 Å². The normalized spacial score (nSPS) is 13.4. The number of nitrogens with zero attached hydrogens (tertiary/aromatic N) is 2. The topological polar surface area (TPSA) is 39.7 Å². The first-order valence-corrected chi connectivity index (χ1v) is 9.32. The maximum absolute atomic E-state index is 4.76. The molecule has 0 fully saturated rings. The molecule has 2 aromatic carbocycles. The molecule has 1 aliphatic heterocycles. The van der Waals surface area contributed by atoms with Crippen LogP contribution in [0.25, 0.3) is 0 Å². The van der Waals surface area contributed by atoms with Gasteiger partial charge in [0.25, 0.3) is 0 Å². The summed E-state index contributed by atoms with van der Waals surface area (Å²) in [5.41, 5.74) is 5.08. The minimum atomic E-state index is 0. The summed E-state index contributed by atoms with van der Waals surface area (Å²) in [5.74, 6) is 0.851. The first-order chi connectivity index (χ1) is 12.8. The summed E-state index contributed by atoms with van der Waals surface area (Å²) < 4.78 is 0. The smallest absolute Gasteiger partial charge is 0.191 e.